The average Bonchev–Trinajstić information content (AvgIpc) is 2.47. The van der Waals surface area contributed by atoms with Gasteiger partial charge in [0, 0.05) is 0 Å². The Morgan fingerprint density at radius 3 is 2.77 bits per heavy atom. The van der Waals surface area contributed by atoms with Crippen molar-refractivity contribution in [2.24, 2.45) is 0 Å². The van der Waals surface area contributed by atoms with Crippen LogP contribution in [0.25, 0.3) is 0 Å². The van der Waals surface area contributed by atoms with Crippen LogP contribution in [0.3, 0.4) is 0 Å². The minimum atomic E-state index is -1.26. The van der Waals surface area contributed by atoms with E-state index in [9.17, 15) is 9.59 Å². The summed E-state index contributed by atoms with van der Waals surface area (Å²) in [4.78, 5) is 21.0. The van der Waals surface area contributed by atoms with Crippen LogP contribution in [0, 0.1) is 0 Å². The predicted octanol–water partition coefficient (Wildman–Crippen LogP) is -0.231. The van der Waals surface area contributed by atoms with Gasteiger partial charge in [0.2, 0.25) is 11.5 Å². The van der Waals surface area contributed by atoms with E-state index in [-0.39, 0.29) is 23.8 Å². The summed E-state index contributed by atoms with van der Waals surface area (Å²) in [6.07, 6.45) is 0. The summed E-state index contributed by atoms with van der Waals surface area (Å²) in [6.45, 7) is 1.36. The zero-order valence-corrected chi connectivity index (χ0v) is 6.77. The van der Waals surface area contributed by atoms with Gasteiger partial charge in [0.05, 0.1) is 6.54 Å². The summed E-state index contributed by atoms with van der Waals surface area (Å²) in [5.41, 5.74) is -0.332. The molecule has 1 aromatic heterocycles. The number of hydrogen-bond acceptors (Lipinski definition) is 6. The number of ketones is 1. The topological polar surface area (TPSA) is 105 Å². The lowest BCUT2D eigenvalue weighted by Gasteiger charge is -1.96. The Morgan fingerprint density at radius 2 is 2.23 bits per heavy atom. The standard InChI is InChI=1S/C6H7N3O4/c1-3(10)2-7-5-4(6(11)12)8-13-9-5/h2H2,1H3,(H,7,9)(H,11,12). The lowest BCUT2D eigenvalue weighted by atomic mass is 10.4. The van der Waals surface area contributed by atoms with Gasteiger partial charge in [0.1, 0.15) is 5.78 Å². The highest BCUT2D eigenvalue weighted by molar-refractivity contribution is 5.91. The van der Waals surface area contributed by atoms with Crippen molar-refractivity contribution in [2.45, 2.75) is 6.92 Å². The summed E-state index contributed by atoms with van der Waals surface area (Å²) >= 11 is 0. The number of Topliss-reactive ketones (excluding diaryl/α,β-unsaturated/α-hetero) is 1. The maximum Gasteiger partial charge on any atom is 0.362 e. The molecule has 7 nitrogen and oxygen atoms in total. The third-order valence-electron chi connectivity index (χ3n) is 1.20. The Labute approximate surface area is 72.7 Å². The number of carbonyl (C=O) groups is 2. The average molecular weight is 185 g/mol. The molecule has 0 unspecified atom stereocenters. The highest BCUT2D eigenvalue weighted by Gasteiger charge is 2.16. The van der Waals surface area contributed by atoms with Crippen LogP contribution >= 0.6 is 0 Å². The molecule has 0 spiro atoms. The van der Waals surface area contributed by atoms with Crippen molar-refractivity contribution in [3.05, 3.63) is 5.69 Å². The number of hydrogen-bond donors (Lipinski definition) is 2. The first-order chi connectivity index (χ1) is 6.11. The minimum absolute atomic E-state index is 0.00546. The Bertz CT molecular complexity index is 332. The Kier molecular flexibility index (Phi) is 2.58. The summed E-state index contributed by atoms with van der Waals surface area (Å²) in [6, 6.07) is 0. The monoisotopic (exact) mass is 185 g/mol. The molecule has 0 bridgehead atoms. The highest BCUT2D eigenvalue weighted by atomic mass is 16.6. The fourth-order valence-electron chi connectivity index (χ4n) is 0.653. The quantitative estimate of drug-likeness (QED) is 0.667. The normalized spacial score (nSPS) is 9.62. The maximum absolute atomic E-state index is 10.5. The molecule has 1 heterocycles. The molecule has 1 rings (SSSR count). The van der Waals surface area contributed by atoms with Gasteiger partial charge in [-0.15, -0.1) is 0 Å². The van der Waals surface area contributed by atoms with Gasteiger partial charge in [-0.1, -0.05) is 0 Å². The number of aromatic carboxylic acids is 1. The number of nitrogens with one attached hydrogen (secondary N) is 1. The summed E-state index contributed by atoms with van der Waals surface area (Å²) < 4.78 is 4.18. The molecule has 0 saturated carbocycles. The second-order valence-electron chi connectivity index (χ2n) is 2.32. The number of carbonyl (C=O) groups excluding carboxylic acids is 1. The SMILES string of the molecule is CC(=O)CNc1nonc1C(=O)O. The fraction of sp³-hybridized carbons (Fsp3) is 0.333. The molecule has 0 amide bonds. The van der Waals surface area contributed by atoms with Gasteiger partial charge < -0.3 is 10.4 Å². The number of nitrogens with zero attached hydrogens (tertiary/aromatic N) is 2. The first-order valence-electron chi connectivity index (χ1n) is 3.40. The van der Waals surface area contributed by atoms with Crippen molar-refractivity contribution in [2.75, 3.05) is 11.9 Å². The van der Waals surface area contributed by atoms with Crippen LogP contribution in [0.2, 0.25) is 0 Å². The Hall–Kier alpha value is -1.92. The van der Waals surface area contributed by atoms with E-state index in [0.29, 0.717) is 0 Å². The third-order valence-corrected chi connectivity index (χ3v) is 1.20. The molecule has 0 aromatic carbocycles. The third kappa shape index (κ3) is 2.26. The van der Waals surface area contributed by atoms with Crippen molar-refractivity contribution >= 4 is 17.6 Å². The van der Waals surface area contributed by atoms with Crippen molar-refractivity contribution in [1.29, 1.82) is 0 Å². The maximum atomic E-state index is 10.5. The molecule has 0 radical (unpaired) electrons. The number of carboxylic acids is 1. The first-order valence-corrected chi connectivity index (χ1v) is 3.40. The van der Waals surface area contributed by atoms with Gasteiger partial charge >= 0.3 is 5.97 Å². The Balaban J connectivity index is 2.71. The van der Waals surface area contributed by atoms with Gasteiger partial charge in [-0.25, -0.2) is 9.42 Å². The molecule has 1 aromatic rings. The van der Waals surface area contributed by atoms with Crippen LogP contribution in [0.5, 0.6) is 0 Å². The van der Waals surface area contributed by atoms with E-state index in [1.54, 1.807) is 0 Å². The van der Waals surface area contributed by atoms with E-state index < -0.39 is 5.97 Å². The molecular formula is C6H7N3O4. The van der Waals surface area contributed by atoms with Gasteiger partial charge in [0.15, 0.2) is 0 Å². The van der Waals surface area contributed by atoms with Crippen molar-refractivity contribution in [3.8, 4) is 0 Å². The van der Waals surface area contributed by atoms with Gasteiger partial charge in [0.25, 0.3) is 0 Å². The van der Waals surface area contributed by atoms with Crippen LogP contribution in [0.15, 0.2) is 4.63 Å². The molecule has 0 saturated heterocycles. The molecule has 0 atom stereocenters. The molecule has 0 aliphatic carbocycles. The number of rotatable bonds is 4. The van der Waals surface area contributed by atoms with Crippen LogP contribution in [-0.4, -0.2) is 33.7 Å². The molecule has 7 heteroatoms. The van der Waals surface area contributed by atoms with E-state index in [0.717, 1.165) is 0 Å². The van der Waals surface area contributed by atoms with Crippen molar-refractivity contribution in [3.63, 3.8) is 0 Å². The number of anilines is 1. The lowest BCUT2D eigenvalue weighted by Crippen LogP contribution is -2.12. The molecule has 70 valence electrons. The summed E-state index contributed by atoms with van der Waals surface area (Å²) in [5.74, 6) is -1.44. The minimum Gasteiger partial charge on any atom is -0.476 e. The second-order valence-corrected chi connectivity index (χ2v) is 2.32. The Morgan fingerprint density at radius 1 is 1.54 bits per heavy atom. The second kappa shape index (κ2) is 3.65. The first kappa shape index (κ1) is 9.17. The van der Waals surface area contributed by atoms with Crippen LogP contribution in [-0.2, 0) is 4.79 Å². The molecule has 0 aliphatic heterocycles. The molecule has 2 N–H and O–H groups in total. The largest absolute Gasteiger partial charge is 0.476 e. The number of aromatic nitrogens is 2. The predicted molar refractivity (Wildman–Crippen MR) is 40.4 cm³/mol. The molecule has 0 aliphatic rings. The highest BCUT2D eigenvalue weighted by Crippen LogP contribution is 2.07. The smallest absolute Gasteiger partial charge is 0.362 e. The van der Waals surface area contributed by atoms with Gasteiger partial charge in [-0.2, -0.15) is 0 Å². The zero-order chi connectivity index (χ0) is 9.84. The van der Waals surface area contributed by atoms with E-state index >= 15 is 0 Å². The lowest BCUT2D eigenvalue weighted by molar-refractivity contribution is -0.115. The molecular weight excluding hydrogens is 178 g/mol. The zero-order valence-electron chi connectivity index (χ0n) is 6.77. The van der Waals surface area contributed by atoms with E-state index in [2.05, 4.69) is 20.3 Å². The molecule has 13 heavy (non-hydrogen) atoms. The van der Waals surface area contributed by atoms with E-state index in [1.807, 2.05) is 0 Å². The van der Waals surface area contributed by atoms with E-state index in [4.69, 9.17) is 5.11 Å². The summed E-state index contributed by atoms with van der Waals surface area (Å²) in [7, 11) is 0. The van der Waals surface area contributed by atoms with Crippen LogP contribution in [0.1, 0.15) is 17.4 Å². The summed E-state index contributed by atoms with van der Waals surface area (Å²) in [5, 5.41) is 17.4. The molecule has 0 fully saturated rings. The van der Waals surface area contributed by atoms with Crippen LogP contribution in [0.4, 0.5) is 5.82 Å². The van der Waals surface area contributed by atoms with E-state index in [1.165, 1.54) is 6.92 Å². The van der Waals surface area contributed by atoms with Gasteiger partial charge in [-0.3, -0.25) is 4.79 Å². The van der Waals surface area contributed by atoms with Crippen molar-refractivity contribution in [1.82, 2.24) is 10.3 Å². The van der Waals surface area contributed by atoms with Crippen LogP contribution < -0.4 is 5.32 Å². The number of carboxylic acid groups (broad SMARTS) is 1. The van der Waals surface area contributed by atoms with Crippen molar-refractivity contribution < 1.29 is 19.3 Å². The fourth-order valence-corrected chi connectivity index (χ4v) is 0.653. The van der Waals surface area contributed by atoms with Gasteiger partial charge in [-0.05, 0) is 17.2 Å².